The van der Waals surface area contributed by atoms with Crippen LogP contribution in [0.15, 0.2) is 0 Å². The Bertz CT molecular complexity index is 220. The van der Waals surface area contributed by atoms with E-state index in [1.807, 2.05) is 0 Å². The standard InChI is InChI=1S/C13H24O2S/c1-3-5-11-6-8-13(9-7-11,12(14)15)16-10-4-2/h11H,3-10H2,1-2H3,(H,14,15). The summed E-state index contributed by atoms with van der Waals surface area (Å²) in [5, 5.41) is 9.41. The van der Waals surface area contributed by atoms with Gasteiger partial charge in [0, 0.05) is 0 Å². The van der Waals surface area contributed by atoms with Crippen molar-refractivity contribution in [2.45, 2.75) is 63.5 Å². The fourth-order valence-corrected chi connectivity index (χ4v) is 3.80. The molecule has 0 heterocycles. The highest BCUT2D eigenvalue weighted by Crippen LogP contribution is 2.43. The van der Waals surface area contributed by atoms with E-state index in [4.69, 9.17) is 0 Å². The van der Waals surface area contributed by atoms with E-state index in [1.54, 1.807) is 11.8 Å². The van der Waals surface area contributed by atoms with Gasteiger partial charge in [0.15, 0.2) is 0 Å². The lowest BCUT2D eigenvalue weighted by atomic mass is 9.79. The van der Waals surface area contributed by atoms with Crippen LogP contribution in [0.3, 0.4) is 0 Å². The van der Waals surface area contributed by atoms with Crippen LogP contribution in [-0.2, 0) is 4.79 Å². The number of aliphatic carboxylic acids is 1. The van der Waals surface area contributed by atoms with Gasteiger partial charge in [-0.3, -0.25) is 4.79 Å². The molecule has 0 spiro atoms. The van der Waals surface area contributed by atoms with Crippen LogP contribution in [0.1, 0.15) is 58.8 Å². The molecule has 1 saturated carbocycles. The van der Waals surface area contributed by atoms with Crippen LogP contribution in [0, 0.1) is 5.92 Å². The van der Waals surface area contributed by atoms with Gasteiger partial charge in [-0.05, 0) is 43.8 Å². The van der Waals surface area contributed by atoms with E-state index in [-0.39, 0.29) is 0 Å². The highest BCUT2D eigenvalue weighted by molar-refractivity contribution is 8.01. The summed E-state index contributed by atoms with van der Waals surface area (Å²) in [4.78, 5) is 11.4. The molecular formula is C13H24O2S. The molecule has 0 bridgehead atoms. The maximum absolute atomic E-state index is 11.4. The van der Waals surface area contributed by atoms with E-state index in [2.05, 4.69) is 13.8 Å². The third-order valence-corrected chi connectivity index (χ3v) is 5.33. The second-order valence-electron chi connectivity index (χ2n) is 4.88. The Hall–Kier alpha value is -0.180. The molecule has 1 N–H and O–H groups in total. The molecule has 0 amide bonds. The summed E-state index contributed by atoms with van der Waals surface area (Å²) in [7, 11) is 0. The van der Waals surface area contributed by atoms with Crippen LogP contribution in [0.25, 0.3) is 0 Å². The largest absolute Gasteiger partial charge is 0.480 e. The number of carbonyl (C=O) groups is 1. The summed E-state index contributed by atoms with van der Waals surface area (Å²) in [6.07, 6.45) is 7.53. The molecule has 0 atom stereocenters. The third-order valence-electron chi connectivity index (χ3n) is 3.58. The lowest BCUT2D eigenvalue weighted by molar-refractivity contribution is -0.141. The first-order chi connectivity index (χ1) is 7.64. The molecule has 0 aromatic rings. The molecule has 0 aromatic heterocycles. The SMILES string of the molecule is CCCSC1(C(=O)O)CCC(CCC)CC1. The zero-order valence-corrected chi connectivity index (χ0v) is 11.3. The molecule has 1 aliphatic carbocycles. The van der Waals surface area contributed by atoms with Gasteiger partial charge in [-0.15, -0.1) is 11.8 Å². The first-order valence-corrected chi connectivity index (χ1v) is 7.50. The summed E-state index contributed by atoms with van der Waals surface area (Å²) >= 11 is 1.67. The van der Waals surface area contributed by atoms with Gasteiger partial charge in [-0.1, -0.05) is 26.7 Å². The number of carboxylic acid groups (broad SMARTS) is 1. The number of hydrogen-bond acceptors (Lipinski definition) is 2. The van der Waals surface area contributed by atoms with Crippen molar-refractivity contribution >= 4 is 17.7 Å². The van der Waals surface area contributed by atoms with Crippen LogP contribution >= 0.6 is 11.8 Å². The number of carboxylic acids is 1. The Morgan fingerprint density at radius 1 is 1.31 bits per heavy atom. The molecule has 0 aromatic carbocycles. The van der Waals surface area contributed by atoms with E-state index in [0.717, 1.165) is 43.8 Å². The van der Waals surface area contributed by atoms with Crippen molar-refractivity contribution < 1.29 is 9.90 Å². The van der Waals surface area contributed by atoms with Gasteiger partial charge in [0.1, 0.15) is 4.75 Å². The predicted molar refractivity (Wildman–Crippen MR) is 70.0 cm³/mol. The number of rotatable bonds is 6. The number of hydrogen-bond donors (Lipinski definition) is 1. The van der Waals surface area contributed by atoms with Gasteiger partial charge < -0.3 is 5.11 Å². The van der Waals surface area contributed by atoms with Crippen molar-refractivity contribution in [3.05, 3.63) is 0 Å². The highest BCUT2D eigenvalue weighted by Gasteiger charge is 2.41. The van der Waals surface area contributed by atoms with Crippen LogP contribution in [0.2, 0.25) is 0 Å². The summed E-state index contributed by atoms with van der Waals surface area (Å²) in [6, 6.07) is 0. The minimum atomic E-state index is -0.583. The summed E-state index contributed by atoms with van der Waals surface area (Å²) in [6.45, 7) is 4.33. The van der Waals surface area contributed by atoms with Crippen molar-refractivity contribution in [1.29, 1.82) is 0 Å². The third kappa shape index (κ3) is 3.41. The van der Waals surface area contributed by atoms with E-state index < -0.39 is 10.7 Å². The van der Waals surface area contributed by atoms with Crippen molar-refractivity contribution in [1.82, 2.24) is 0 Å². The normalized spacial score (nSPS) is 30.2. The highest BCUT2D eigenvalue weighted by atomic mass is 32.2. The van der Waals surface area contributed by atoms with E-state index in [9.17, 15) is 9.90 Å². The molecule has 1 fully saturated rings. The van der Waals surface area contributed by atoms with Crippen molar-refractivity contribution in [2.75, 3.05) is 5.75 Å². The van der Waals surface area contributed by atoms with Crippen molar-refractivity contribution in [3.63, 3.8) is 0 Å². The first kappa shape index (κ1) is 13.9. The molecule has 0 aliphatic heterocycles. The first-order valence-electron chi connectivity index (χ1n) is 6.52. The monoisotopic (exact) mass is 244 g/mol. The average Bonchev–Trinajstić information content (AvgIpc) is 2.28. The quantitative estimate of drug-likeness (QED) is 0.769. The molecule has 0 saturated heterocycles. The number of thioether (sulfide) groups is 1. The molecule has 0 radical (unpaired) electrons. The zero-order valence-electron chi connectivity index (χ0n) is 10.5. The summed E-state index contributed by atoms with van der Waals surface area (Å²) < 4.78 is -0.458. The Kier molecular flexibility index (Phi) is 5.67. The Morgan fingerprint density at radius 2 is 1.94 bits per heavy atom. The van der Waals surface area contributed by atoms with E-state index >= 15 is 0 Å². The molecule has 0 unspecified atom stereocenters. The maximum Gasteiger partial charge on any atom is 0.319 e. The van der Waals surface area contributed by atoms with Gasteiger partial charge in [0.2, 0.25) is 0 Å². The second-order valence-corrected chi connectivity index (χ2v) is 6.36. The molecule has 94 valence electrons. The minimum Gasteiger partial charge on any atom is -0.480 e. The molecule has 2 nitrogen and oxygen atoms in total. The lowest BCUT2D eigenvalue weighted by Crippen LogP contribution is -2.39. The minimum absolute atomic E-state index is 0.458. The molecule has 3 heteroatoms. The fourth-order valence-electron chi connectivity index (χ4n) is 2.56. The second kappa shape index (κ2) is 6.53. The lowest BCUT2D eigenvalue weighted by Gasteiger charge is -2.36. The summed E-state index contributed by atoms with van der Waals surface area (Å²) in [5.41, 5.74) is 0. The fraction of sp³-hybridized carbons (Fsp3) is 0.923. The van der Waals surface area contributed by atoms with E-state index in [0.29, 0.717) is 0 Å². The maximum atomic E-state index is 11.4. The molecule has 16 heavy (non-hydrogen) atoms. The van der Waals surface area contributed by atoms with Crippen LogP contribution in [-0.4, -0.2) is 21.6 Å². The van der Waals surface area contributed by atoms with Crippen LogP contribution in [0.4, 0.5) is 0 Å². The van der Waals surface area contributed by atoms with Crippen LogP contribution in [0.5, 0.6) is 0 Å². The average molecular weight is 244 g/mol. The Morgan fingerprint density at radius 3 is 2.38 bits per heavy atom. The van der Waals surface area contributed by atoms with Gasteiger partial charge >= 0.3 is 5.97 Å². The molecule has 1 aliphatic rings. The predicted octanol–water partition coefficient (Wildman–Crippen LogP) is 3.94. The van der Waals surface area contributed by atoms with Gasteiger partial charge in [-0.25, -0.2) is 0 Å². The Labute approximate surface area is 103 Å². The van der Waals surface area contributed by atoms with Crippen molar-refractivity contribution in [3.8, 4) is 0 Å². The van der Waals surface area contributed by atoms with Gasteiger partial charge in [0.25, 0.3) is 0 Å². The topological polar surface area (TPSA) is 37.3 Å². The van der Waals surface area contributed by atoms with Crippen LogP contribution < -0.4 is 0 Å². The molecular weight excluding hydrogens is 220 g/mol. The zero-order chi connectivity index (χ0) is 12.0. The van der Waals surface area contributed by atoms with Gasteiger partial charge in [-0.2, -0.15) is 0 Å². The van der Waals surface area contributed by atoms with Gasteiger partial charge in [0.05, 0.1) is 0 Å². The smallest absolute Gasteiger partial charge is 0.319 e. The summed E-state index contributed by atoms with van der Waals surface area (Å²) in [5.74, 6) is 1.17. The molecule has 1 rings (SSSR count). The Balaban J connectivity index is 2.52. The van der Waals surface area contributed by atoms with Crippen molar-refractivity contribution in [2.24, 2.45) is 5.92 Å². The van der Waals surface area contributed by atoms with E-state index in [1.165, 1.54) is 12.8 Å².